The number of amides is 1. The molecule has 1 fully saturated rings. The Labute approximate surface area is 102 Å². The molecular weight excluding hydrogens is 216 g/mol. The van der Waals surface area contributed by atoms with Gasteiger partial charge in [-0.05, 0) is 37.4 Å². The van der Waals surface area contributed by atoms with Gasteiger partial charge in [-0.3, -0.25) is 4.79 Å². The van der Waals surface area contributed by atoms with Crippen LogP contribution in [0.4, 0.5) is 0 Å². The van der Waals surface area contributed by atoms with Gasteiger partial charge in [-0.15, -0.1) is 0 Å². The van der Waals surface area contributed by atoms with Crippen LogP contribution in [-0.4, -0.2) is 30.4 Å². The minimum atomic E-state index is 0.00264. The lowest BCUT2D eigenvalue weighted by Crippen LogP contribution is -2.41. The molecule has 4 heteroatoms. The van der Waals surface area contributed by atoms with Gasteiger partial charge >= 0.3 is 0 Å². The van der Waals surface area contributed by atoms with Crippen LogP contribution in [0.1, 0.15) is 36.1 Å². The van der Waals surface area contributed by atoms with Crippen LogP contribution >= 0.6 is 0 Å². The second kappa shape index (κ2) is 5.36. The van der Waals surface area contributed by atoms with E-state index in [4.69, 9.17) is 10.2 Å². The predicted octanol–water partition coefficient (Wildman–Crippen LogP) is 1.65. The zero-order valence-electron chi connectivity index (χ0n) is 10.3. The Morgan fingerprint density at radius 2 is 2.41 bits per heavy atom. The summed E-state index contributed by atoms with van der Waals surface area (Å²) in [5.74, 6) is 1.76. The molecule has 1 saturated heterocycles. The Kier molecular flexibility index (Phi) is 3.84. The minimum absolute atomic E-state index is 0.00264. The molecule has 1 aliphatic heterocycles. The van der Waals surface area contributed by atoms with Crippen molar-refractivity contribution in [1.82, 2.24) is 4.90 Å². The zero-order chi connectivity index (χ0) is 12.3. The molecule has 1 aromatic heterocycles. The molecule has 0 bridgehead atoms. The average molecular weight is 236 g/mol. The van der Waals surface area contributed by atoms with Crippen LogP contribution < -0.4 is 5.73 Å². The first-order chi connectivity index (χ1) is 8.24. The molecule has 1 amide bonds. The van der Waals surface area contributed by atoms with E-state index in [0.29, 0.717) is 18.2 Å². The molecule has 0 saturated carbocycles. The number of rotatable bonds is 3. The lowest BCUT2D eigenvalue weighted by molar-refractivity contribution is 0.0644. The zero-order valence-corrected chi connectivity index (χ0v) is 10.3. The van der Waals surface area contributed by atoms with Crippen molar-refractivity contribution in [3.63, 3.8) is 0 Å². The summed E-state index contributed by atoms with van der Waals surface area (Å²) >= 11 is 0. The van der Waals surface area contributed by atoms with E-state index < -0.39 is 0 Å². The van der Waals surface area contributed by atoms with E-state index in [1.165, 1.54) is 0 Å². The van der Waals surface area contributed by atoms with E-state index in [1.807, 2.05) is 17.9 Å². The van der Waals surface area contributed by atoms with E-state index >= 15 is 0 Å². The van der Waals surface area contributed by atoms with Crippen molar-refractivity contribution in [2.45, 2.75) is 26.2 Å². The SMILES string of the molecule is CCc1ccc(C(=O)N2CCCC(CN)C2)o1. The molecule has 94 valence electrons. The van der Waals surface area contributed by atoms with Gasteiger partial charge in [-0.1, -0.05) is 6.92 Å². The molecule has 17 heavy (non-hydrogen) atoms. The van der Waals surface area contributed by atoms with Gasteiger partial charge in [0.15, 0.2) is 5.76 Å². The summed E-state index contributed by atoms with van der Waals surface area (Å²) < 4.78 is 5.49. The maximum atomic E-state index is 12.2. The summed E-state index contributed by atoms with van der Waals surface area (Å²) in [5, 5.41) is 0. The summed E-state index contributed by atoms with van der Waals surface area (Å²) in [6, 6.07) is 3.64. The van der Waals surface area contributed by atoms with Crippen LogP contribution in [0.15, 0.2) is 16.5 Å². The molecule has 0 spiro atoms. The molecule has 4 nitrogen and oxygen atoms in total. The Hall–Kier alpha value is -1.29. The standard InChI is InChI=1S/C13H20N2O2/c1-2-11-5-6-12(17-11)13(16)15-7-3-4-10(8-14)9-15/h5-6,10H,2-4,7-9,14H2,1H3. The van der Waals surface area contributed by atoms with E-state index in [1.54, 1.807) is 6.07 Å². The van der Waals surface area contributed by atoms with Crippen molar-refractivity contribution in [2.24, 2.45) is 11.7 Å². The fourth-order valence-electron chi connectivity index (χ4n) is 2.28. The minimum Gasteiger partial charge on any atom is -0.456 e. The number of nitrogens with zero attached hydrogens (tertiary/aromatic N) is 1. The van der Waals surface area contributed by atoms with E-state index in [9.17, 15) is 4.79 Å². The van der Waals surface area contributed by atoms with Crippen LogP contribution in [0.5, 0.6) is 0 Å². The maximum Gasteiger partial charge on any atom is 0.289 e. The molecule has 1 aliphatic rings. The Morgan fingerprint density at radius 1 is 1.59 bits per heavy atom. The second-order valence-electron chi connectivity index (χ2n) is 4.61. The third kappa shape index (κ3) is 2.69. The highest BCUT2D eigenvalue weighted by atomic mass is 16.4. The van der Waals surface area contributed by atoms with E-state index in [-0.39, 0.29) is 5.91 Å². The number of aryl methyl sites for hydroxylation is 1. The first-order valence-electron chi connectivity index (χ1n) is 6.32. The van der Waals surface area contributed by atoms with Crippen molar-refractivity contribution >= 4 is 5.91 Å². The van der Waals surface area contributed by atoms with Crippen molar-refractivity contribution in [3.8, 4) is 0 Å². The van der Waals surface area contributed by atoms with Gasteiger partial charge in [0.25, 0.3) is 5.91 Å². The Balaban J connectivity index is 2.03. The van der Waals surface area contributed by atoms with Crippen molar-refractivity contribution < 1.29 is 9.21 Å². The van der Waals surface area contributed by atoms with E-state index in [2.05, 4.69) is 0 Å². The molecule has 0 aliphatic carbocycles. The van der Waals surface area contributed by atoms with Gasteiger partial charge in [0.05, 0.1) is 0 Å². The molecule has 2 heterocycles. The van der Waals surface area contributed by atoms with Crippen LogP contribution in [0.3, 0.4) is 0 Å². The summed E-state index contributed by atoms with van der Waals surface area (Å²) in [6.07, 6.45) is 2.98. The molecular formula is C13H20N2O2. The van der Waals surface area contributed by atoms with E-state index in [0.717, 1.165) is 38.1 Å². The largest absolute Gasteiger partial charge is 0.456 e. The molecule has 0 aromatic carbocycles. The van der Waals surface area contributed by atoms with Gasteiger partial charge in [0, 0.05) is 19.5 Å². The number of furan rings is 1. The summed E-state index contributed by atoms with van der Waals surface area (Å²) in [7, 11) is 0. The normalized spacial score (nSPS) is 20.6. The third-order valence-corrected chi connectivity index (χ3v) is 3.36. The number of hydrogen-bond acceptors (Lipinski definition) is 3. The Bertz CT molecular complexity index is 387. The number of hydrogen-bond donors (Lipinski definition) is 1. The summed E-state index contributed by atoms with van der Waals surface area (Å²) in [5.41, 5.74) is 5.67. The molecule has 2 N–H and O–H groups in total. The van der Waals surface area contributed by atoms with Crippen molar-refractivity contribution in [2.75, 3.05) is 19.6 Å². The molecule has 0 radical (unpaired) electrons. The Morgan fingerprint density at radius 3 is 3.06 bits per heavy atom. The highest BCUT2D eigenvalue weighted by Crippen LogP contribution is 2.19. The summed E-state index contributed by atoms with van der Waals surface area (Å²) in [6.45, 7) is 4.25. The highest BCUT2D eigenvalue weighted by molar-refractivity contribution is 5.91. The monoisotopic (exact) mass is 236 g/mol. The van der Waals surface area contributed by atoms with Crippen LogP contribution in [0.2, 0.25) is 0 Å². The predicted molar refractivity (Wildman–Crippen MR) is 65.8 cm³/mol. The van der Waals surface area contributed by atoms with Gasteiger partial charge in [-0.25, -0.2) is 0 Å². The maximum absolute atomic E-state index is 12.2. The van der Waals surface area contributed by atoms with Crippen LogP contribution in [-0.2, 0) is 6.42 Å². The van der Waals surface area contributed by atoms with Gasteiger partial charge in [0.2, 0.25) is 0 Å². The fraction of sp³-hybridized carbons (Fsp3) is 0.615. The summed E-state index contributed by atoms with van der Waals surface area (Å²) in [4.78, 5) is 14.0. The molecule has 2 rings (SSSR count). The average Bonchev–Trinajstić information content (AvgIpc) is 2.86. The first kappa shape index (κ1) is 12.2. The van der Waals surface area contributed by atoms with Gasteiger partial charge in [0.1, 0.15) is 5.76 Å². The topological polar surface area (TPSA) is 59.5 Å². The number of piperidine rings is 1. The smallest absolute Gasteiger partial charge is 0.289 e. The first-order valence-corrected chi connectivity index (χ1v) is 6.32. The van der Waals surface area contributed by atoms with Gasteiger partial charge in [-0.2, -0.15) is 0 Å². The second-order valence-corrected chi connectivity index (χ2v) is 4.61. The number of carbonyl (C=O) groups is 1. The molecule has 1 unspecified atom stereocenters. The third-order valence-electron chi connectivity index (χ3n) is 3.36. The molecule has 1 aromatic rings. The fourth-order valence-corrected chi connectivity index (χ4v) is 2.28. The van der Waals surface area contributed by atoms with Gasteiger partial charge < -0.3 is 15.1 Å². The number of likely N-dealkylation sites (tertiary alicyclic amines) is 1. The number of carbonyl (C=O) groups excluding carboxylic acids is 1. The quantitative estimate of drug-likeness (QED) is 0.868. The van der Waals surface area contributed by atoms with Crippen LogP contribution in [0, 0.1) is 5.92 Å². The number of nitrogens with two attached hydrogens (primary N) is 1. The van der Waals surface area contributed by atoms with Crippen molar-refractivity contribution in [3.05, 3.63) is 23.7 Å². The van der Waals surface area contributed by atoms with Crippen LogP contribution in [0.25, 0.3) is 0 Å². The van der Waals surface area contributed by atoms with Crippen molar-refractivity contribution in [1.29, 1.82) is 0 Å². The molecule has 1 atom stereocenters. The highest BCUT2D eigenvalue weighted by Gasteiger charge is 2.25. The lowest BCUT2D eigenvalue weighted by Gasteiger charge is -2.31. The lowest BCUT2D eigenvalue weighted by atomic mass is 9.98.